The van der Waals surface area contributed by atoms with Crippen molar-refractivity contribution in [2.45, 2.75) is 26.0 Å². The zero-order chi connectivity index (χ0) is 18.7. The van der Waals surface area contributed by atoms with E-state index in [1.807, 2.05) is 6.92 Å². The molecule has 2 aromatic rings. The van der Waals surface area contributed by atoms with Crippen molar-refractivity contribution in [2.75, 3.05) is 26.5 Å². The van der Waals surface area contributed by atoms with Gasteiger partial charge in [0.15, 0.2) is 0 Å². The number of aryl methyl sites for hydroxylation is 1. The standard InChI is InChI=1S/C16H21N3O4S2/c1-6-23-16(22)12-8(2)11-14(21)17-13(18-15(11)25-12)9(3)24-7-10(20)19(4)5/h9H,6-7H2,1-5H3,(H,17,18,21)/t9-/m1/s1. The predicted octanol–water partition coefficient (Wildman–Crippen LogP) is 2.35. The van der Waals surface area contributed by atoms with Gasteiger partial charge in [-0.2, -0.15) is 0 Å². The normalized spacial score (nSPS) is 12.2. The molecule has 0 aliphatic carbocycles. The number of rotatable bonds is 6. The first kappa shape index (κ1) is 19.5. The Morgan fingerprint density at radius 1 is 1.40 bits per heavy atom. The minimum absolute atomic E-state index is 0.00293. The van der Waals surface area contributed by atoms with E-state index in [0.29, 0.717) is 32.2 Å². The highest BCUT2D eigenvalue weighted by atomic mass is 32.2. The van der Waals surface area contributed by atoms with Crippen LogP contribution in [0.5, 0.6) is 0 Å². The van der Waals surface area contributed by atoms with Crippen molar-refractivity contribution < 1.29 is 14.3 Å². The van der Waals surface area contributed by atoms with Crippen LogP contribution in [-0.4, -0.2) is 53.2 Å². The Balaban J connectivity index is 2.33. The van der Waals surface area contributed by atoms with Gasteiger partial charge in [0.2, 0.25) is 5.91 Å². The number of thiophene rings is 1. The van der Waals surface area contributed by atoms with E-state index in [2.05, 4.69) is 9.97 Å². The molecule has 9 heteroatoms. The van der Waals surface area contributed by atoms with Gasteiger partial charge < -0.3 is 14.6 Å². The summed E-state index contributed by atoms with van der Waals surface area (Å²) in [6.45, 7) is 5.60. The smallest absolute Gasteiger partial charge is 0.348 e. The van der Waals surface area contributed by atoms with Crippen LogP contribution < -0.4 is 5.56 Å². The summed E-state index contributed by atoms with van der Waals surface area (Å²) < 4.78 is 5.03. The molecule has 0 aliphatic rings. The third-order valence-electron chi connectivity index (χ3n) is 3.62. The number of ether oxygens (including phenoxy) is 1. The lowest BCUT2D eigenvalue weighted by Crippen LogP contribution is -2.24. The van der Waals surface area contributed by atoms with Gasteiger partial charge in [-0.3, -0.25) is 9.59 Å². The fraction of sp³-hybridized carbons (Fsp3) is 0.500. The molecule has 0 unspecified atom stereocenters. The Bertz CT molecular complexity index is 857. The highest BCUT2D eigenvalue weighted by molar-refractivity contribution is 8.00. The summed E-state index contributed by atoms with van der Waals surface area (Å²) in [4.78, 5) is 45.8. The van der Waals surface area contributed by atoms with Crippen molar-refractivity contribution in [1.29, 1.82) is 0 Å². The largest absolute Gasteiger partial charge is 0.462 e. The van der Waals surface area contributed by atoms with Crippen LogP contribution in [0.3, 0.4) is 0 Å². The second kappa shape index (κ2) is 8.01. The number of H-pyrrole nitrogens is 1. The molecule has 1 atom stereocenters. The molecular formula is C16H21N3O4S2. The lowest BCUT2D eigenvalue weighted by Gasteiger charge is -2.13. The molecule has 0 radical (unpaired) electrons. The maximum absolute atomic E-state index is 12.4. The molecule has 0 bridgehead atoms. The van der Waals surface area contributed by atoms with Crippen molar-refractivity contribution in [2.24, 2.45) is 0 Å². The molecule has 0 aromatic carbocycles. The van der Waals surface area contributed by atoms with Crippen molar-refractivity contribution in [1.82, 2.24) is 14.9 Å². The van der Waals surface area contributed by atoms with Crippen LogP contribution >= 0.6 is 23.1 Å². The van der Waals surface area contributed by atoms with Crippen LogP contribution in [0, 0.1) is 6.92 Å². The third-order valence-corrected chi connectivity index (χ3v) is 5.92. The number of thioether (sulfide) groups is 1. The monoisotopic (exact) mass is 383 g/mol. The average Bonchev–Trinajstić information content (AvgIpc) is 2.89. The van der Waals surface area contributed by atoms with Gasteiger partial charge in [-0.25, -0.2) is 9.78 Å². The third kappa shape index (κ3) is 4.21. The summed E-state index contributed by atoms with van der Waals surface area (Å²) in [5.74, 6) is 0.346. The molecule has 0 fully saturated rings. The number of aromatic amines is 1. The maximum Gasteiger partial charge on any atom is 0.348 e. The topological polar surface area (TPSA) is 92.4 Å². The van der Waals surface area contributed by atoms with Crippen LogP contribution in [-0.2, 0) is 9.53 Å². The number of aromatic nitrogens is 2. The number of amides is 1. The molecular weight excluding hydrogens is 362 g/mol. The maximum atomic E-state index is 12.4. The van der Waals surface area contributed by atoms with Crippen molar-refractivity contribution in [3.63, 3.8) is 0 Å². The molecule has 136 valence electrons. The van der Waals surface area contributed by atoms with E-state index >= 15 is 0 Å². The Kier molecular flexibility index (Phi) is 6.23. The van der Waals surface area contributed by atoms with Crippen LogP contribution in [0.1, 0.15) is 40.2 Å². The lowest BCUT2D eigenvalue weighted by atomic mass is 10.2. The first-order valence-electron chi connectivity index (χ1n) is 7.78. The van der Waals surface area contributed by atoms with E-state index in [-0.39, 0.29) is 23.3 Å². The summed E-state index contributed by atoms with van der Waals surface area (Å²) in [5.41, 5.74) is 0.303. The van der Waals surface area contributed by atoms with E-state index in [9.17, 15) is 14.4 Å². The fourth-order valence-electron chi connectivity index (χ4n) is 2.15. The number of hydrogen-bond donors (Lipinski definition) is 1. The SMILES string of the molecule is CCOC(=O)c1sc2nc([C@@H](C)SCC(=O)N(C)C)[nH]c(=O)c2c1C. The number of carbonyl (C=O) groups is 2. The van der Waals surface area contributed by atoms with Gasteiger partial charge in [-0.1, -0.05) is 0 Å². The summed E-state index contributed by atoms with van der Waals surface area (Å²) in [5, 5.41) is 0.257. The number of esters is 1. The van der Waals surface area contributed by atoms with E-state index < -0.39 is 5.97 Å². The molecule has 2 aromatic heterocycles. The second-order valence-corrected chi connectivity index (χ2v) is 7.98. The van der Waals surface area contributed by atoms with Gasteiger partial charge >= 0.3 is 5.97 Å². The van der Waals surface area contributed by atoms with Gasteiger partial charge in [-0.15, -0.1) is 23.1 Å². The molecule has 25 heavy (non-hydrogen) atoms. The molecule has 0 aliphatic heterocycles. The zero-order valence-corrected chi connectivity index (χ0v) is 16.5. The van der Waals surface area contributed by atoms with Gasteiger partial charge in [0.25, 0.3) is 5.56 Å². The Hall–Kier alpha value is -1.87. The quantitative estimate of drug-likeness (QED) is 0.770. The Labute approximate surface area is 153 Å². The van der Waals surface area contributed by atoms with Gasteiger partial charge in [-0.05, 0) is 26.3 Å². The first-order valence-corrected chi connectivity index (χ1v) is 9.64. The summed E-state index contributed by atoms with van der Waals surface area (Å²) in [6, 6.07) is 0. The minimum atomic E-state index is -0.442. The van der Waals surface area contributed by atoms with Crippen LogP contribution in [0.4, 0.5) is 0 Å². The Morgan fingerprint density at radius 3 is 2.68 bits per heavy atom. The minimum Gasteiger partial charge on any atom is -0.462 e. The Morgan fingerprint density at radius 2 is 2.08 bits per heavy atom. The van der Waals surface area contributed by atoms with E-state index in [1.165, 1.54) is 16.7 Å². The molecule has 1 N–H and O–H groups in total. The number of carbonyl (C=O) groups excluding carboxylic acids is 2. The first-order chi connectivity index (χ1) is 11.8. The molecule has 0 spiro atoms. The second-order valence-electron chi connectivity index (χ2n) is 5.65. The number of fused-ring (bicyclic) bond motifs is 1. The lowest BCUT2D eigenvalue weighted by molar-refractivity contribution is -0.125. The van der Waals surface area contributed by atoms with Gasteiger partial charge in [0, 0.05) is 14.1 Å². The number of hydrogen-bond acceptors (Lipinski definition) is 7. The van der Waals surface area contributed by atoms with Gasteiger partial charge in [0.05, 0.1) is 23.0 Å². The molecule has 2 heterocycles. The summed E-state index contributed by atoms with van der Waals surface area (Å²) >= 11 is 2.55. The van der Waals surface area contributed by atoms with Gasteiger partial charge in [0.1, 0.15) is 15.5 Å². The average molecular weight is 383 g/mol. The summed E-state index contributed by atoms with van der Waals surface area (Å²) in [6.07, 6.45) is 0. The highest BCUT2D eigenvalue weighted by Crippen LogP contribution is 2.30. The predicted molar refractivity (Wildman–Crippen MR) is 101 cm³/mol. The van der Waals surface area contributed by atoms with Crippen molar-refractivity contribution in [3.8, 4) is 0 Å². The van der Waals surface area contributed by atoms with Crippen molar-refractivity contribution >= 4 is 45.2 Å². The van der Waals surface area contributed by atoms with E-state index in [4.69, 9.17) is 4.74 Å². The van der Waals surface area contributed by atoms with Crippen LogP contribution in [0.2, 0.25) is 0 Å². The molecule has 7 nitrogen and oxygen atoms in total. The molecule has 0 saturated carbocycles. The van der Waals surface area contributed by atoms with Crippen LogP contribution in [0.25, 0.3) is 10.2 Å². The molecule has 2 rings (SSSR count). The zero-order valence-electron chi connectivity index (χ0n) is 14.8. The summed E-state index contributed by atoms with van der Waals surface area (Å²) in [7, 11) is 3.40. The molecule has 1 amide bonds. The van der Waals surface area contributed by atoms with E-state index in [0.717, 1.165) is 11.3 Å². The number of nitrogens with one attached hydrogen (secondary N) is 1. The fourth-order valence-corrected chi connectivity index (χ4v) is 4.15. The number of nitrogens with zero attached hydrogens (tertiary/aromatic N) is 2. The highest BCUT2D eigenvalue weighted by Gasteiger charge is 2.21. The molecule has 0 saturated heterocycles. The van der Waals surface area contributed by atoms with Crippen LogP contribution in [0.15, 0.2) is 4.79 Å². The van der Waals surface area contributed by atoms with Crippen molar-refractivity contribution in [3.05, 3.63) is 26.6 Å². The van der Waals surface area contributed by atoms with E-state index in [1.54, 1.807) is 27.9 Å².